The lowest BCUT2D eigenvalue weighted by Crippen LogP contribution is -2.15. The van der Waals surface area contributed by atoms with Crippen LogP contribution >= 0.6 is 0 Å². The molecule has 2 aromatic carbocycles. The quantitative estimate of drug-likeness (QED) is 0.915. The van der Waals surface area contributed by atoms with Gasteiger partial charge in [-0.1, -0.05) is 12.1 Å². The van der Waals surface area contributed by atoms with Gasteiger partial charge in [-0.25, -0.2) is 4.39 Å². The van der Waals surface area contributed by atoms with E-state index in [9.17, 15) is 4.39 Å². The molecule has 0 radical (unpaired) electrons. The molecule has 0 aliphatic heterocycles. The molecule has 0 saturated heterocycles. The molecule has 1 atom stereocenters. The van der Waals surface area contributed by atoms with Gasteiger partial charge in [0.1, 0.15) is 11.6 Å². The van der Waals surface area contributed by atoms with Gasteiger partial charge in [0.2, 0.25) is 0 Å². The Labute approximate surface area is 113 Å². The number of ether oxygens (including phenoxy) is 1. The van der Waals surface area contributed by atoms with Crippen LogP contribution in [-0.2, 0) is 0 Å². The molecule has 0 aliphatic carbocycles. The third-order valence-corrected chi connectivity index (χ3v) is 3.32. The van der Waals surface area contributed by atoms with E-state index in [2.05, 4.69) is 0 Å². The summed E-state index contributed by atoms with van der Waals surface area (Å²) in [6.07, 6.45) is 0. The molecule has 0 aliphatic rings. The molecule has 3 heteroatoms. The lowest BCUT2D eigenvalue weighted by Gasteiger charge is -2.18. The first-order valence-corrected chi connectivity index (χ1v) is 6.19. The van der Waals surface area contributed by atoms with Gasteiger partial charge in [0.15, 0.2) is 0 Å². The van der Waals surface area contributed by atoms with E-state index in [4.69, 9.17) is 10.5 Å². The highest BCUT2D eigenvalue weighted by Gasteiger charge is 2.15. The topological polar surface area (TPSA) is 35.2 Å². The van der Waals surface area contributed by atoms with E-state index in [1.54, 1.807) is 7.11 Å². The van der Waals surface area contributed by atoms with Crippen molar-refractivity contribution >= 4 is 0 Å². The van der Waals surface area contributed by atoms with Crippen molar-refractivity contribution in [2.24, 2.45) is 5.73 Å². The lowest BCUT2D eigenvalue weighted by atomic mass is 9.92. The van der Waals surface area contributed by atoms with E-state index < -0.39 is 0 Å². The zero-order chi connectivity index (χ0) is 14.0. The average Bonchev–Trinajstić information content (AvgIpc) is 2.37. The van der Waals surface area contributed by atoms with Gasteiger partial charge in [-0.2, -0.15) is 0 Å². The molecular formula is C16H18FNO. The van der Waals surface area contributed by atoms with Gasteiger partial charge in [-0.05, 0) is 60.4 Å². The third kappa shape index (κ3) is 2.76. The molecule has 0 fully saturated rings. The smallest absolute Gasteiger partial charge is 0.123 e. The molecule has 2 nitrogen and oxygen atoms in total. The van der Waals surface area contributed by atoms with E-state index in [0.29, 0.717) is 0 Å². The number of halogens is 1. The van der Waals surface area contributed by atoms with Crippen molar-refractivity contribution in [3.8, 4) is 5.75 Å². The molecule has 2 N–H and O–H groups in total. The van der Waals surface area contributed by atoms with Crippen LogP contribution in [0.1, 0.15) is 28.3 Å². The number of aryl methyl sites for hydroxylation is 2. The van der Waals surface area contributed by atoms with Crippen LogP contribution in [0.3, 0.4) is 0 Å². The monoisotopic (exact) mass is 259 g/mol. The summed E-state index contributed by atoms with van der Waals surface area (Å²) < 4.78 is 18.5. The number of hydrogen-bond acceptors (Lipinski definition) is 2. The summed E-state index contributed by atoms with van der Waals surface area (Å²) in [5.74, 6) is 0.543. The van der Waals surface area contributed by atoms with Crippen molar-refractivity contribution in [1.82, 2.24) is 0 Å². The Kier molecular flexibility index (Phi) is 3.86. The highest BCUT2D eigenvalue weighted by molar-refractivity contribution is 5.43. The highest BCUT2D eigenvalue weighted by atomic mass is 19.1. The number of benzene rings is 2. The summed E-state index contributed by atoms with van der Waals surface area (Å²) >= 11 is 0. The zero-order valence-electron chi connectivity index (χ0n) is 11.4. The van der Waals surface area contributed by atoms with Crippen molar-refractivity contribution in [3.05, 3.63) is 64.5 Å². The van der Waals surface area contributed by atoms with Crippen molar-refractivity contribution < 1.29 is 9.13 Å². The molecule has 0 amide bonds. The molecule has 2 rings (SSSR count). The fraction of sp³-hybridized carbons (Fsp3) is 0.250. The van der Waals surface area contributed by atoms with E-state index >= 15 is 0 Å². The summed E-state index contributed by atoms with van der Waals surface area (Å²) in [5.41, 5.74) is 9.97. The molecule has 1 unspecified atom stereocenters. The largest absolute Gasteiger partial charge is 0.497 e. The van der Waals surface area contributed by atoms with Gasteiger partial charge < -0.3 is 10.5 Å². The number of rotatable bonds is 3. The third-order valence-electron chi connectivity index (χ3n) is 3.32. The summed E-state index contributed by atoms with van der Waals surface area (Å²) in [6.45, 7) is 3.76. The molecular weight excluding hydrogens is 241 g/mol. The summed E-state index contributed by atoms with van der Waals surface area (Å²) in [7, 11) is 1.62. The van der Waals surface area contributed by atoms with Crippen LogP contribution in [0, 0.1) is 19.7 Å². The second-order valence-corrected chi connectivity index (χ2v) is 4.71. The van der Waals surface area contributed by atoms with Gasteiger partial charge in [0.25, 0.3) is 0 Å². The predicted molar refractivity (Wildman–Crippen MR) is 74.9 cm³/mol. The van der Waals surface area contributed by atoms with Crippen LogP contribution in [0.25, 0.3) is 0 Å². The minimum absolute atomic E-state index is 0.225. The molecule has 0 saturated carbocycles. The van der Waals surface area contributed by atoms with Crippen LogP contribution < -0.4 is 10.5 Å². The van der Waals surface area contributed by atoms with Crippen molar-refractivity contribution in [1.29, 1.82) is 0 Å². The van der Waals surface area contributed by atoms with Crippen molar-refractivity contribution in [2.75, 3.05) is 7.11 Å². The molecule has 19 heavy (non-hydrogen) atoms. The fourth-order valence-electron chi connectivity index (χ4n) is 2.41. The molecule has 0 bridgehead atoms. The Bertz CT molecular complexity index is 572. The average molecular weight is 259 g/mol. The lowest BCUT2D eigenvalue weighted by molar-refractivity contribution is 0.414. The number of hydrogen-bond donors (Lipinski definition) is 1. The minimum atomic E-state index is -0.282. The van der Waals surface area contributed by atoms with Crippen LogP contribution in [0.5, 0.6) is 5.75 Å². The first-order valence-electron chi connectivity index (χ1n) is 6.19. The molecule has 0 aromatic heterocycles. The SMILES string of the molecule is COc1cccc(C(N)c2c(C)cc(F)cc2C)c1. The maximum atomic E-state index is 13.3. The van der Waals surface area contributed by atoms with Crippen LogP contribution in [0.15, 0.2) is 36.4 Å². The maximum absolute atomic E-state index is 13.3. The minimum Gasteiger partial charge on any atom is -0.497 e. The predicted octanol–water partition coefficient (Wildman–Crippen LogP) is 3.50. The standard InChI is InChI=1S/C16H18FNO/c1-10-7-13(17)8-11(2)15(10)16(18)12-5-4-6-14(9-12)19-3/h4-9,16H,18H2,1-3H3. The number of nitrogens with two attached hydrogens (primary N) is 1. The summed E-state index contributed by atoms with van der Waals surface area (Å²) in [5, 5.41) is 0. The van der Waals surface area contributed by atoms with Crippen molar-refractivity contribution in [2.45, 2.75) is 19.9 Å². The van der Waals surface area contributed by atoms with Gasteiger partial charge in [0, 0.05) is 0 Å². The van der Waals surface area contributed by atoms with Crippen LogP contribution in [0.2, 0.25) is 0 Å². The Balaban J connectivity index is 2.46. The normalized spacial score (nSPS) is 12.3. The van der Waals surface area contributed by atoms with Crippen molar-refractivity contribution in [3.63, 3.8) is 0 Å². The summed E-state index contributed by atoms with van der Waals surface area (Å²) in [4.78, 5) is 0. The Hall–Kier alpha value is -1.87. The van der Waals surface area contributed by atoms with Gasteiger partial charge in [0.05, 0.1) is 13.2 Å². The Morgan fingerprint density at radius 3 is 2.32 bits per heavy atom. The van der Waals surface area contributed by atoms with Crippen LogP contribution in [0.4, 0.5) is 4.39 Å². The van der Waals surface area contributed by atoms with E-state index in [-0.39, 0.29) is 11.9 Å². The molecule has 100 valence electrons. The molecule has 2 aromatic rings. The fourth-order valence-corrected chi connectivity index (χ4v) is 2.41. The van der Waals surface area contributed by atoms with Crippen LogP contribution in [-0.4, -0.2) is 7.11 Å². The second-order valence-electron chi connectivity index (χ2n) is 4.71. The van der Waals surface area contributed by atoms with Gasteiger partial charge in [-0.3, -0.25) is 0 Å². The Morgan fingerprint density at radius 2 is 1.74 bits per heavy atom. The number of methoxy groups -OCH3 is 1. The van der Waals surface area contributed by atoms with E-state index in [1.807, 2.05) is 38.1 Å². The van der Waals surface area contributed by atoms with E-state index in [0.717, 1.165) is 28.0 Å². The maximum Gasteiger partial charge on any atom is 0.123 e. The molecule has 0 spiro atoms. The summed E-state index contributed by atoms with van der Waals surface area (Å²) in [6, 6.07) is 10.4. The van der Waals surface area contributed by atoms with Gasteiger partial charge >= 0.3 is 0 Å². The van der Waals surface area contributed by atoms with Gasteiger partial charge in [-0.15, -0.1) is 0 Å². The van der Waals surface area contributed by atoms with E-state index in [1.165, 1.54) is 12.1 Å². The second kappa shape index (κ2) is 5.41. The Morgan fingerprint density at radius 1 is 1.11 bits per heavy atom. The highest BCUT2D eigenvalue weighted by Crippen LogP contribution is 2.28. The first kappa shape index (κ1) is 13.6. The molecule has 0 heterocycles. The first-order chi connectivity index (χ1) is 9.02. The zero-order valence-corrected chi connectivity index (χ0v) is 11.4.